The summed E-state index contributed by atoms with van der Waals surface area (Å²) >= 11 is 0. The highest BCUT2D eigenvalue weighted by Gasteiger charge is 2.58. The van der Waals surface area contributed by atoms with E-state index in [1.165, 1.54) is 7.05 Å². The first-order valence-corrected chi connectivity index (χ1v) is 6.25. The van der Waals surface area contributed by atoms with Crippen LogP contribution in [0.3, 0.4) is 0 Å². The summed E-state index contributed by atoms with van der Waals surface area (Å²) in [5, 5.41) is 11.5. The Hall–Kier alpha value is -1.59. The molecule has 0 unspecified atom stereocenters. The molecule has 18 heavy (non-hydrogen) atoms. The largest absolute Gasteiger partial charge is 0.481 e. The van der Waals surface area contributed by atoms with E-state index < -0.39 is 17.3 Å². The van der Waals surface area contributed by atoms with E-state index in [0.29, 0.717) is 32.2 Å². The molecule has 0 aromatic carbocycles. The molecule has 0 radical (unpaired) electrons. The van der Waals surface area contributed by atoms with E-state index in [-0.39, 0.29) is 18.4 Å². The highest BCUT2D eigenvalue weighted by molar-refractivity contribution is 6.07. The molecule has 1 aliphatic carbocycles. The Morgan fingerprint density at radius 3 is 2.50 bits per heavy atom. The van der Waals surface area contributed by atoms with Gasteiger partial charge in [-0.05, 0) is 25.7 Å². The number of piperidine rings is 1. The summed E-state index contributed by atoms with van der Waals surface area (Å²) in [6.45, 7) is 0.786. The number of hydrogen-bond acceptors (Lipinski definition) is 3. The van der Waals surface area contributed by atoms with Crippen molar-refractivity contribution in [3.63, 3.8) is 0 Å². The summed E-state index contributed by atoms with van der Waals surface area (Å²) in [5.74, 6) is -1.81. The molecular formula is C12H18N2O4. The minimum Gasteiger partial charge on any atom is -0.481 e. The minimum atomic E-state index is -0.908. The van der Waals surface area contributed by atoms with Crippen molar-refractivity contribution >= 4 is 17.8 Å². The molecule has 0 bridgehead atoms. The van der Waals surface area contributed by atoms with E-state index in [2.05, 4.69) is 5.32 Å². The first-order chi connectivity index (χ1) is 8.51. The molecule has 2 rings (SSSR count). The summed E-state index contributed by atoms with van der Waals surface area (Å²) < 4.78 is 0. The lowest BCUT2D eigenvalue weighted by Crippen LogP contribution is -2.49. The molecule has 100 valence electrons. The highest BCUT2D eigenvalue weighted by atomic mass is 16.4. The SMILES string of the molecule is CNC(=O)C1(C(=O)N2CCC[C@H](C(=O)O)C2)CC1. The maximum Gasteiger partial charge on any atom is 0.308 e. The lowest BCUT2D eigenvalue weighted by molar-refractivity contribution is -0.149. The third kappa shape index (κ3) is 2.07. The molecule has 2 amide bonds. The second-order valence-corrected chi connectivity index (χ2v) is 5.09. The smallest absolute Gasteiger partial charge is 0.308 e. The Labute approximate surface area is 105 Å². The van der Waals surface area contributed by atoms with E-state index in [9.17, 15) is 14.4 Å². The van der Waals surface area contributed by atoms with Crippen LogP contribution >= 0.6 is 0 Å². The van der Waals surface area contributed by atoms with Crippen molar-refractivity contribution in [3.8, 4) is 0 Å². The number of carbonyl (C=O) groups is 3. The van der Waals surface area contributed by atoms with Gasteiger partial charge in [0.1, 0.15) is 5.41 Å². The fraction of sp³-hybridized carbons (Fsp3) is 0.750. The van der Waals surface area contributed by atoms with Crippen LogP contribution in [0.1, 0.15) is 25.7 Å². The van der Waals surface area contributed by atoms with Crippen molar-refractivity contribution in [2.24, 2.45) is 11.3 Å². The lowest BCUT2D eigenvalue weighted by atomic mass is 9.95. The van der Waals surface area contributed by atoms with Crippen LogP contribution in [0.2, 0.25) is 0 Å². The Morgan fingerprint density at radius 1 is 1.33 bits per heavy atom. The third-order valence-corrected chi connectivity index (χ3v) is 3.88. The fourth-order valence-electron chi connectivity index (χ4n) is 2.57. The third-order valence-electron chi connectivity index (χ3n) is 3.88. The number of amides is 2. The number of hydrogen-bond donors (Lipinski definition) is 2. The van der Waals surface area contributed by atoms with Gasteiger partial charge in [0.2, 0.25) is 11.8 Å². The first kappa shape index (κ1) is 12.9. The maximum absolute atomic E-state index is 12.3. The molecule has 1 heterocycles. The van der Waals surface area contributed by atoms with Gasteiger partial charge in [-0.25, -0.2) is 0 Å². The van der Waals surface area contributed by atoms with Crippen LogP contribution in [-0.2, 0) is 14.4 Å². The van der Waals surface area contributed by atoms with Gasteiger partial charge in [0.05, 0.1) is 5.92 Å². The van der Waals surface area contributed by atoms with Gasteiger partial charge >= 0.3 is 5.97 Å². The number of carbonyl (C=O) groups excluding carboxylic acids is 2. The summed E-state index contributed by atoms with van der Waals surface area (Å²) in [5.41, 5.74) is -0.908. The van der Waals surface area contributed by atoms with Gasteiger partial charge in [0.15, 0.2) is 0 Å². The van der Waals surface area contributed by atoms with E-state index in [4.69, 9.17) is 5.11 Å². The van der Waals surface area contributed by atoms with Crippen molar-refractivity contribution in [1.29, 1.82) is 0 Å². The first-order valence-electron chi connectivity index (χ1n) is 6.25. The maximum atomic E-state index is 12.3. The van der Waals surface area contributed by atoms with Gasteiger partial charge in [0.25, 0.3) is 0 Å². The minimum absolute atomic E-state index is 0.201. The molecule has 0 spiro atoms. The molecule has 6 heteroatoms. The topological polar surface area (TPSA) is 86.7 Å². The summed E-state index contributed by atoms with van der Waals surface area (Å²) in [4.78, 5) is 36.6. The highest BCUT2D eigenvalue weighted by Crippen LogP contribution is 2.47. The van der Waals surface area contributed by atoms with Crippen LogP contribution in [0.25, 0.3) is 0 Å². The van der Waals surface area contributed by atoms with E-state index >= 15 is 0 Å². The average molecular weight is 254 g/mol. The van der Waals surface area contributed by atoms with Crippen molar-refractivity contribution in [2.75, 3.05) is 20.1 Å². The van der Waals surface area contributed by atoms with Crippen molar-refractivity contribution in [1.82, 2.24) is 10.2 Å². The Bertz CT molecular complexity index is 390. The summed E-state index contributed by atoms with van der Waals surface area (Å²) in [6.07, 6.45) is 2.43. The molecular weight excluding hydrogens is 236 g/mol. The molecule has 0 aromatic heterocycles. The van der Waals surface area contributed by atoms with Crippen LogP contribution in [0.4, 0.5) is 0 Å². The van der Waals surface area contributed by atoms with Crippen LogP contribution in [-0.4, -0.2) is 47.9 Å². The van der Waals surface area contributed by atoms with Crippen LogP contribution in [0.15, 0.2) is 0 Å². The van der Waals surface area contributed by atoms with Gasteiger partial charge in [0, 0.05) is 20.1 Å². The predicted octanol–water partition coefficient (Wildman–Crippen LogP) is -0.164. The monoisotopic (exact) mass is 254 g/mol. The van der Waals surface area contributed by atoms with Crippen molar-refractivity contribution in [2.45, 2.75) is 25.7 Å². The standard InChI is InChI=1S/C12H18N2O4/c1-13-10(17)12(4-5-12)11(18)14-6-2-3-8(7-14)9(15)16/h8H,2-7H2,1H3,(H,13,17)(H,15,16)/t8-/m0/s1. The van der Waals surface area contributed by atoms with E-state index in [0.717, 1.165) is 0 Å². The second kappa shape index (κ2) is 4.59. The Morgan fingerprint density at radius 2 is 2.00 bits per heavy atom. The molecule has 1 saturated carbocycles. The Kier molecular flexibility index (Phi) is 3.28. The number of aliphatic carboxylic acids is 1. The zero-order chi connectivity index (χ0) is 13.3. The van der Waals surface area contributed by atoms with Gasteiger partial charge in [-0.15, -0.1) is 0 Å². The summed E-state index contributed by atoms with van der Waals surface area (Å²) in [6, 6.07) is 0. The number of nitrogens with one attached hydrogen (secondary N) is 1. The molecule has 2 fully saturated rings. The Balaban J connectivity index is 2.05. The quantitative estimate of drug-likeness (QED) is 0.685. The molecule has 2 aliphatic rings. The van der Waals surface area contributed by atoms with Crippen LogP contribution < -0.4 is 5.32 Å². The van der Waals surface area contributed by atoms with Crippen molar-refractivity contribution < 1.29 is 19.5 Å². The fourth-order valence-corrected chi connectivity index (χ4v) is 2.57. The van der Waals surface area contributed by atoms with Crippen LogP contribution in [0, 0.1) is 11.3 Å². The number of rotatable bonds is 3. The molecule has 6 nitrogen and oxygen atoms in total. The molecule has 2 N–H and O–H groups in total. The number of likely N-dealkylation sites (tertiary alicyclic amines) is 1. The number of carboxylic acids is 1. The molecule has 1 saturated heterocycles. The van der Waals surface area contributed by atoms with Gasteiger partial charge < -0.3 is 15.3 Å². The van der Waals surface area contributed by atoms with Gasteiger partial charge in [-0.1, -0.05) is 0 Å². The zero-order valence-corrected chi connectivity index (χ0v) is 10.4. The van der Waals surface area contributed by atoms with Gasteiger partial charge in [-0.3, -0.25) is 14.4 Å². The number of carboxylic acid groups (broad SMARTS) is 1. The van der Waals surface area contributed by atoms with Crippen molar-refractivity contribution in [3.05, 3.63) is 0 Å². The number of nitrogens with zero attached hydrogens (tertiary/aromatic N) is 1. The second-order valence-electron chi connectivity index (χ2n) is 5.09. The van der Waals surface area contributed by atoms with Gasteiger partial charge in [-0.2, -0.15) is 0 Å². The normalized spacial score (nSPS) is 25.4. The van der Waals surface area contributed by atoms with E-state index in [1.807, 2.05) is 0 Å². The average Bonchev–Trinajstić information content (AvgIpc) is 3.18. The predicted molar refractivity (Wildman–Crippen MR) is 62.7 cm³/mol. The lowest BCUT2D eigenvalue weighted by Gasteiger charge is -2.33. The molecule has 1 aliphatic heterocycles. The summed E-state index contributed by atoms with van der Waals surface area (Å²) in [7, 11) is 1.52. The zero-order valence-electron chi connectivity index (χ0n) is 10.4. The van der Waals surface area contributed by atoms with E-state index in [1.54, 1.807) is 4.90 Å². The molecule has 1 atom stereocenters. The van der Waals surface area contributed by atoms with Crippen LogP contribution in [0.5, 0.6) is 0 Å². The molecule has 0 aromatic rings.